The van der Waals surface area contributed by atoms with Crippen LogP contribution in [0, 0.1) is 6.92 Å². The highest BCUT2D eigenvalue weighted by molar-refractivity contribution is 7.19. The zero-order valence-corrected chi connectivity index (χ0v) is 9.30. The normalized spacial score (nSPS) is 10.3. The number of rotatable bonds is 2. The lowest BCUT2D eigenvalue weighted by Gasteiger charge is -1.97. The van der Waals surface area contributed by atoms with Crippen LogP contribution in [-0.4, -0.2) is 22.0 Å². The van der Waals surface area contributed by atoms with Gasteiger partial charge < -0.3 is 11.1 Å². The molecular weight excluding hydrogens is 210 g/mol. The summed E-state index contributed by atoms with van der Waals surface area (Å²) < 4.78 is 0. The van der Waals surface area contributed by atoms with Crippen molar-refractivity contribution in [3.63, 3.8) is 0 Å². The molecule has 0 spiro atoms. The van der Waals surface area contributed by atoms with Crippen LogP contribution >= 0.6 is 11.3 Å². The van der Waals surface area contributed by atoms with E-state index in [4.69, 9.17) is 5.73 Å². The molecule has 2 heterocycles. The number of nitrogen functional groups attached to an aromatic ring is 1. The van der Waals surface area contributed by atoms with Gasteiger partial charge in [0.1, 0.15) is 5.82 Å². The Bertz CT molecular complexity index is 479. The standard InChI is InChI=1S/C9H11N5S/c1-5-7(15-9(11-2)13-5)8-12-4-3-6(10)14-8/h3-4H,1-2H3,(H,11,13)(H2,10,12,14). The third-order valence-corrected chi connectivity index (χ3v) is 3.06. The molecule has 6 heteroatoms. The number of nitrogens with zero attached hydrogens (tertiary/aromatic N) is 3. The Morgan fingerprint density at radius 1 is 1.40 bits per heavy atom. The second-order valence-electron chi connectivity index (χ2n) is 2.99. The van der Waals surface area contributed by atoms with Gasteiger partial charge in [-0.2, -0.15) is 0 Å². The molecule has 2 rings (SSSR count). The van der Waals surface area contributed by atoms with Gasteiger partial charge in [0.2, 0.25) is 0 Å². The summed E-state index contributed by atoms with van der Waals surface area (Å²) in [6.07, 6.45) is 1.65. The van der Waals surface area contributed by atoms with Gasteiger partial charge in [0.15, 0.2) is 11.0 Å². The molecule has 0 fully saturated rings. The van der Waals surface area contributed by atoms with Gasteiger partial charge in [-0.15, -0.1) is 0 Å². The fourth-order valence-corrected chi connectivity index (χ4v) is 2.05. The Hall–Kier alpha value is -1.69. The van der Waals surface area contributed by atoms with Crippen molar-refractivity contribution in [2.24, 2.45) is 0 Å². The number of nitrogens with one attached hydrogen (secondary N) is 1. The molecule has 2 aromatic rings. The van der Waals surface area contributed by atoms with Gasteiger partial charge >= 0.3 is 0 Å². The van der Waals surface area contributed by atoms with Crippen molar-refractivity contribution >= 4 is 22.3 Å². The second kappa shape index (κ2) is 3.82. The molecule has 0 aliphatic carbocycles. The Morgan fingerprint density at radius 3 is 2.80 bits per heavy atom. The largest absolute Gasteiger partial charge is 0.384 e. The Kier molecular flexibility index (Phi) is 2.51. The van der Waals surface area contributed by atoms with Crippen molar-refractivity contribution in [3.05, 3.63) is 18.0 Å². The zero-order chi connectivity index (χ0) is 10.8. The zero-order valence-electron chi connectivity index (χ0n) is 8.48. The molecule has 0 atom stereocenters. The first-order chi connectivity index (χ1) is 7.20. The Morgan fingerprint density at radius 2 is 2.20 bits per heavy atom. The molecule has 0 amide bonds. The lowest BCUT2D eigenvalue weighted by atomic mass is 10.4. The fraction of sp³-hybridized carbons (Fsp3) is 0.222. The number of thiazole rings is 1. The predicted octanol–water partition coefficient (Wildman–Crippen LogP) is 1.53. The first kappa shape index (κ1) is 9.85. The van der Waals surface area contributed by atoms with E-state index in [1.807, 2.05) is 14.0 Å². The molecule has 15 heavy (non-hydrogen) atoms. The highest BCUT2D eigenvalue weighted by atomic mass is 32.1. The lowest BCUT2D eigenvalue weighted by Crippen LogP contribution is -1.94. The number of aromatic nitrogens is 3. The number of anilines is 2. The van der Waals surface area contributed by atoms with Crippen LogP contribution in [0.3, 0.4) is 0 Å². The van der Waals surface area contributed by atoms with Gasteiger partial charge in [-0.1, -0.05) is 11.3 Å². The molecule has 0 aliphatic heterocycles. The minimum absolute atomic E-state index is 0.471. The summed E-state index contributed by atoms with van der Waals surface area (Å²) in [5.41, 5.74) is 6.51. The molecule has 0 saturated heterocycles. The monoisotopic (exact) mass is 221 g/mol. The summed E-state index contributed by atoms with van der Waals surface area (Å²) in [7, 11) is 1.84. The van der Waals surface area contributed by atoms with Crippen molar-refractivity contribution in [2.75, 3.05) is 18.1 Å². The Balaban J connectivity index is 2.48. The molecule has 2 aromatic heterocycles. The molecule has 0 aromatic carbocycles. The number of hydrogen-bond acceptors (Lipinski definition) is 6. The highest BCUT2D eigenvalue weighted by Gasteiger charge is 2.11. The van der Waals surface area contributed by atoms with Crippen LogP contribution in [0.5, 0.6) is 0 Å². The number of nitrogens with two attached hydrogens (primary N) is 1. The van der Waals surface area contributed by atoms with E-state index in [-0.39, 0.29) is 0 Å². The maximum Gasteiger partial charge on any atom is 0.183 e. The smallest absolute Gasteiger partial charge is 0.183 e. The minimum atomic E-state index is 0.471. The average Bonchev–Trinajstić information content (AvgIpc) is 2.60. The van der Waals surface area contributed by atoms with Crippen molar-refractivity contribution in [1.29, 1.82) is 0 Å². The lowest BCUT2D eigenvalue weighted by molar-refractivity contribution is 1.17. The fourth-order valence-electron chi connectivity index (χ4n) is 1.19. The van der Waals surface area contributed by atoms with Gasteiger partial charge in [0.25, 0.3) is 0 Å². The molecule has 0 aliphatic rings. The third-order valence-electron chi connectivity index (χ3n) is 1.89. The quantitative estimate of drug-likeness (QED) is 0.804. The molecule has 0 unspecified atom stereocenters. The molecule has 5 nitrogen and oxygen atoms in total. The van der Waals surface area contributed by atoms with Crippen molar-refractivity contribution in [1.82, 2.24) is 15.0 Å². The SMILES string of the molecule is CNc1nc(C)c(-c2nccc(N)n2)s1. The van der Waals surface area contributed by atoms with Gasteiger partial charge in [-0.3, -0.25) is 0 Å². The van der Waals surface area contributed by atoms with Crippen LogP contribution in [0.25, 0.3) is 10.7 Å². The van der Waals surface area contributed by atoms with E-state index in [2.05, 4.69) is 20.3 Å². The maximum absolute atomic E-state index is 5.60. The summed E-state index contributed by atoms with van der Waals surface area (Å²) >= 11 is 1.52. The second-order valence-corrected chi connectivity index (χ2v) is 3.99. The first-order valence-corrected chi connectivity index (χ1v) is 5.26. The van der Waals surface area contributed by atoms with Crippen LogP contribution < -0.4 is 11.1 Å². The molecular formula is C9H11N5S. The molecule has 0 radical (unpaired) electrons. The van der Waals surface area contributed by atoms with Crippen LogP contribution in [-0.2, 0) is 0 Å². The van der Waals surface area contributed by atoms with Crippen LogP contribution in [0.4, 0.5) is 10.9 Å². The summed E-state index contributed by atoms with van der Waals surface area (Å²) in [5.74, 6) is 1.10. The van der Waals surface area contributed by atoms with Gasteiger partial charge in [0, 0.05) is 13.2 Å². The van der Waals surface area contributed by atoms with Crippen molar-refractivity contribution in [3.8, 4) is 10.7 Å². The van der Waals surface area contributed by atoms with E-state index in [0.29, 0.717) is 11.6 Å². The number of hydrogen-bond donors (Lipinski definition) is 2. The molecule has 78 valence electrons. The summed E-state index contributed by atoms with van der Waals surface area (Å²) in [4.78, 5) is 13.6. The Labute approximate surface area is 91.4 Å². The maximum atomic E-state index is 5.60. The number of aryl methyl sites for hydroxylation is 1. The van der Waals surface area contributed by atoms with Crippen LogP contribution in [0.15, 0.2) is 12.3 Å². The summed E-state index contributed by atoms with van der Waals surface area (Å²) in [6.45, 7) is 1.93. The van der Waals surface area contributed by atoms with E-state index in [1.165, 1.54) is 11.3 Å². The summed E-state index contributed by atoms with van der Waals surface area (Å²) in [5, 5.41) is 3.85. The average molecular weight is 221 g/mol. The molecule has 3 N–H and O–H groups in total. The topological polar surface area (TPSA) is 76.7 Å². The molecule has 0 bridgehead atoms. The van der Waals surface area contributed by atoms with E-state index in [1.54, 1.807) is 12.3 Å². The summed E-state index contributed by atoms with van der Waals surface area (Å²) in [6, 6.07) is 1.67. The highest BCUT2D eigenvalue weighted by Crippen LogP contribution is 2.30. The van der Waals surface area contributed by atoms with E-state index < -0.39 is 0 Å². The van der Waals surface area contributed by atoms with Crippen molar-refractivity contribution in [2.45, 2.75) is 6.92 Å². The van der Waals surface area contributed by atoms with Gasteiger partial charge in [0.05, 0.1) is 10.6 Å². The van der Waals surface area contributed by atoms with Gasteiger partial charge in [-0.25, -0.2) is 15.0 Å². The van der Waals surface area contributed by atoms with E-state index >= 15 is 0 Å². The van der Waals surface area contributed by atoms with Crippen LogP contribution in [0.2, 0.25) is 0 Å². The third kappa shape index (κ3) is 1.89. The van der Waals surface area contributed by atoms with E-state index in [9.17, 15) is 0 Å². The van der Waals surface area contributed by atoms with E-state index in [0.717, 1.165) is 15.7 Å². The van der Waals surface area contributed by atoms with Gasteiger partial charge in [-0.05, 0) is 13.0 Å². The minimum Gasteiger partial charge on any atom is -0.384 e. The van der Waals surface area contributed by atoms with Crippen LogP contribution in [0.1, 0.15) is 5.69 Å². The first-order valence-electron chi connectivity index (χ1n) is 4.45. The predicted molar refractivity (Wildman–Crippen MR) is 61.8 cm³/mol. The molecule has 0 saturated carbocycles. The van der Waals surface area contributed by atoms with Crippen molar-refractivity contribution < 1.29 is 0 Å².